The number of fused-ring (bicyclic) bond motifs is 1. The molecule has 1 unspecified atom stereocenters. The molecular formula is C27H27N7O. The van der Waals surface area contributed by atoms with Gasteiger partial charge in [0.05, 0.1) is 23.4 Å². The minimum absolute atomic E-state index is 0.0368. The highest BCUT2D eigenvalue weighted by Crippen LogP contribution is 2.51. The Balaban J connectivity index is 1.49. The molecule has 0 saturated carbocycles. The van der Waals surface area contributed by atoms with Crippen molar-refractivity contribution in [2.75, 3.05) is 0 Å². The molecule has 0 spiro atoms. The van der Waals surface area contributed by atoms with Crippen LogP contribution in [0.25, 0.3) is 16.9 Å². The Hall–Kier alpha value is -4.07. The van der Waals surface area contributed by atoms with Gasteiger partial charge in [-0.3, -0.25) is 4.79 Å². The lowest BCUT2D eigenvalue weighted by Crippen LogP contribution is -2.58. The minimum Gasteiger partial charge on any atom is -0.362 e. The summed E-state index contributed by atoms with van der Waals surface area (Å²) in [6, 6.07) is 14.1. The van der Waals surface area contributed by atoms with E-state index in [4.69, 9.17) is 0 Å². The molecule has 8 heteroatoms. The molecule has 0 saturated heterocycles. The molecule has 0 radical (unpaired) electrons. The van der Waals surface area contributed by atoms with E-state index in [1.54, 1.807) is 10.9 Å². The second kappa shape index (κ2) is 7.73. The molecular weight excluding hydrogens is 438 g/mol. The third-order valence-corrected chi connectivity index (χ3v) is 7.19. The molecule has 2 N–H and O–H groups in total. The van der Waals surface area contributed by atoms with Gasteiger partial charge in [-0.25, -0.2) is 9.67 Å². The van der Waals surface area contributed by atoms with Crippen LogP contribution in [-0.4, -0.2) is 32.4 Å². The summed E-state index contributed by atoms with van der Waals surface area (Å²) in [5, 5.41) is 19.9. The van der Waals surface area contributed by atoms with Crippen LogP contribution in [0.3, 0.4) is 0 Å². The maximum absolute atomic E-state index is 13.6. The third-order valence-electron chi connectivity index (χ3n) is 7.19. The molecule has 2 aromatic heterocycles. The Morgan fingerprint density at radius 1 is 1.14 bits per heavy atom. The molecule has 0 bridgehead atoms. The fourth-order valence-electron chi connectivity index (χ4n) is 5.66. The van der Waals surface area contributed by atoms with E-state index < -0.39 is 5.41 Å². The number of aromatic nitrogens is 3. The van der Waals surface area contributed by atoms with Crippen molar-refractivity contribution in [3.05, 3.63) is 89.7 Å². The highest BCUT2D eigenvalue weighted by molar-refractivity contribution is 6.00. The van der Waals surface area contributed by atoms with Crippen LogP contribution in [0.15, 0.2) is 94.3 Å². The molecule has 2 atom stereocenters. The van der Waals surface area contributed by atoms with E-state index in [0.717, 1.165) is 39.4 Å². The molecule has 3 aliphatic rings. The summed E-state index contributed by atoms with van der Waals surface area (Å²) in [5.74, 6) is 0.724. The molecule has 8 nitrogen and oxygen atoms in total. The van der Waals surface area contributed by atoms with Crippen molar-refractivity contribution < 1.29 is 4.79 Å². The lowest BCUT2D eigenvalue weighted by molar-refractivity contribution is -0.120. The topological polar surface area (TPSA) is 96.6 Å². The van der Waals surface area contributed by atoms with Crippen LogP contribution < -0.4 is 10.6 Å². The maximum atomic E-state index is 13.6. The number of nitrogens with zero attached hydrogens (tertiary/aromatic N) is 5. The van der Waals surface area contributed by atoms with Crippen LogP contribution in [0.2, 0.25) is 0 Å². The maximum Gasteiger partial charge on any atom is 0.250 e. The molecule has 1 aromatic carbocycles. The number of benzene rings is 1. The van der Waals surface area contributed by atoms with E-state index in [1.807, 2.05) is 56.7 Å². The normalized spacial score (nSPS) is 24.4. The van der Waals surface area contributed by atoms with E-state index in [1.165, 1.54) is 0 Å². The smallest absolute Gasteiger partial charge is 0.250 e. The summed E-state index contributed by atoms with van der Waals surface area (Å²) in [7, 11) is 0. The SMILES string of the molecule is CC[C@@]1(c2cccc(-c3cnn(-c4ccccn4)c3)c2)C2=CN=NC2NC2=C1C(=O)NC(C)(C)C2. The number of pyridine rings is 1. The van der Waals surface area contributed by atoms with Gasteiger partial charge in [-0.2, -0.15) is 15.3 Å². The second-order valence-electron chi connectivity index (χ2n) is 9.93. The zero-order valence-corrected chi connectivity index (χ0v) is 20.0. The Morgan fingerprint density at radius 3 is 2.83 bits per heavy atom. The third kappa shape index (κ3) is 3.31. The Kier molecular flexibility index (Phi) is 4.74. The summed E-state index contributed by atoms with van der Waals surface area (Å²) in [4.78, 5) is 18.0. The number of carbonyl (C=O) groups is 1. The van der Waals surface area contributed by atoms with Gasteiger partial charge >= 0.3 is 0 Å². The van der Waals surface area contributed by atoms with E-state index >= 15 is 0 Å². The number of azo groups is 1. The number of amides is 1. The fourth-order valence-corrected chi connectivity index (χ4v) is 5.66. The largest absolute Gasteiger partial charge is 0.362 e. The second-order valence-corrected chi connectivity index (χ2v) is 9.93. The highest BCUT2D eigenvalue weighted by atomic mass is 16.2. The summed E-state index contributed by atoms with van der Waals surface area (Å²) >= 11 is 0. The highest BCUT2D eigenvalue weighted by Gasteiger charge is 2.53. The number of hydrogen-bond acceptors (Lipinski definition) is 6. The Labute approximate surface area is 203 Å². The summed E-state index contributed by atoms with van der Waals surface area (Å²) in [6.45, 7) is 6.22. The molecule has 1 amide bonds. The zero-order valence-electron chi connectivity index (χ0n) is 20.0. The van der Waals surface area contributed by atoms with Crippen molar-refractivity contribution in [3.8, 4) is 16.9 Å². The quantitative estimate of drug-likeness (QED) is 0.596. The molecule has 3 aromatic rings. The van der Waals surface area contributed by atoms with E-state index in [0.29, 0.717) is 12.8 Å². The summed E-state index contributed by atoms with van der Waals surface area (Å²) < 4.78 is 1.77. The number of carbonyl (C=O) groups excluding carboxylic acids is 1. The van der Waals surface area contributed by atoms with Crippen LogP contribution in [0, 0.1) is 0 Å². The Morgan fingerprint density at radius 2 is 2.03 bits per heavy atom. The van der Waals surface area contributed by atoms with Crippen LogP contribution in [0.5, 0.6) is 0 Å². The molecule has 176 valence electrons. The van der Waals surface area contributed by atoms with Crippen molar-refractivity contribution in [3.63, 3.8) is 0 Å². The molecule has 5 heterocycles. The lowest BCUT2D eigenvalue weighted by atomic mass is 9.62. The lowest BCUT2D eigenvalue weighted by Gasteiger charge is -2.48. The molecule has 3 aliphatic heterocycles. The molecule has 0 fully saturated rings. The van der Waals surface area contributed by atoms with Crippen LogP contribution in [-0.2, 0) is 10.2 Å². The first-order chi connectivity index (χ1) is 16.9. The predicted molar refractivity (Wildman–Crippen MR) is 132 cm³/mol. The van der Waals surface area contributed by atoms with Gasteiger partial charge in [-0.1, -0.05) is 31.2 Å². The Bertz CT molecular complexity index is 1420. The first-order valence-electron chi connectivity index (χ1n) is 11.9. The summed E-state index contributed by atoms with van der Waals surface area (Å²) in [5.41, 5.74) is 4.84. The average molecular weight is 466 g/mol. The molecule has 6 rings (SSSR count). The van der Waals surface area contributed by atoms with Crippen molar-refractivity contribution >= 4 is 5.91 Å². The van der Waals surface area contributed by atoms with Gasteiger partial charge in [0.2, 0.25) is 0 Å². The van der Waals surface area contributed by atoms with Gasteiger partial charge in [-0.05, 0) is 49.6 Å². The average Bonchev–Trinajstić information content (AvgIpc) is 3.53. The van der Waals surface area contributed by atoms with Gasteiger partial charge in [-0.15, -0.1) is 0 Å². The van der Waals surface area contributed by atoms with E-state index in [2.05, 4.69) is 56.1 Å². The number of nitrogens with one attached hydrogen (secondary N) is 2. The van der Waals surface area contributed by atoms with Crippen molar-refractivity contribution in [1.29, 1.82) is 0 Å². The first kappa shape index (κ1) is 21.5. The monoisotopic (exact) mass is 465 g/mol. The standard InChI is InChI=1S/C27H27N7O/c1-4-27(20-15-29-33-24(20)31-21-13-26(2,3)32-25(35)23(21)27)19-9-7-8-17(12-19)18-14-30-34(16-18)22-10-5-6-11-28-22/h5-12,14-16,24,31H,4,13H2,1-3H3,(H,32,35)/t24?,27-/m1/s1. The summed E-state index contributed by atoms with van der Waals surface area (Å²) in [6.07, 6.45) is 8.57. The van der Waals surface area contributed by atoms with E-state index in [9.17, 15) is 4.79 Å². The molecule has 35 heavy (non-hydrogen) atoms. The number of hydrogen-bond donors (Lipinski definition) is 2. The van der Waals surface area contributed by atoms with Crippen molar-refractivity contribution in [1.82, 2.24) is 25.4 Å². The van der Waals surface area contributed by atoms with Gasteiger partial charge in [0, 0.05) is 41.2 Å². The van der Waals surface area contributed by atoms with Crippen molar-refractivity contribution in [2.24, 2.45) is 10.2 Å². The molecule has 0 aliphatic carbocycles. The van der Waals surface area contributed by atoms with Gasteiger partial charge in [0.1, 0.15) is 0 Å². The van der Waals surface area contributed by atoms with Crippen molar-refractivity contribution in [2.45, 2.75) is 50.7 Å². The first-order valence-corrected chi connectivity index (χ1v) is 11.9. The zero-order chi connectivity index (χ0) is 24.2. The minimum atomic E-state index is -0.623. The van der Waals surface area contributed by atoms with E-state index in [-0.39, 0.29) is 17.6 Å². The van der Waals surface area contributed by atoms with Gasteiger partial charge in [0.15, 0.2) is 12.0 Å². The van der Waals surface area contributed by atoms with Crippen LogP contribution in [0.4, 0.5) is 0 Å². The fraction of sp³-hybridized carbons (Fsp3) is 0.296. The number of rotatable bonds is 4. The van der Waals surface area contributed by atoms with Crippen LogP contribution in [0.1, 0.15) is 39.2 Å². The van der Waals surface area contributed by atoms with Crippen LogP contribution >= 0.6 is 0 Å². The van der Waals surface area contributed by atoms with Gasteiger partial charge < -0.3 is 10.6 Å². The van der Waals surface area contributed by atoms with Gasteiger partial charge in [0.25, 0.3) is 5.91 Å². The predicted octanol–water partition coefficient (Wildman–Crippen LogP) is 4.41.